The van der Waals surface area contributed by atoms with Crippen LogP contribution in [0.2, 0.25) is 0 Å². The van der Waals surface area contributed by atoms with Crippen LogP contribution >= 0.6 is 0 Å². The van der Waals surface area contributed by atoms with Gasteiger partial charge in [0.1, 0.15) is 10.6 Å². The number of hydrogen-bond acceptors (Lipinski definition) is 4. The number of alkyl halides is 7. The molecule has 2 fully saturated rings. The van der Waals surface area contributed by atoms with Crippen LogP contribution in [0.4, 0.5) is 35.1 Å². The molecule has 0 spiro atoms. The van der Waals surface area contributed by atoms with E-state index in [1.54, 1.807) is 0 Å². The number of carbonyl (C=O) groups excluding carboxylic acids is 1. The van der Waals surface area contributed by atoms with Crippen LogP contribution in [0.1, 0.15) is 68.6 Å². The van der Waals surface area contributed by atoms with Gasteiger partial charge in [-0.15, -0.1) is 0 Å². The second-order valence-electron chi connectivity index (χ2n) is 12.3. The number of aryl methyl sites for hydroxylation is 1. The van der Waals surface area contributed by atoms with Crippen LogP contribution in [0, 0.1) is 24.1 Å². The molecular formula is C31H33F8NO5S. The topological polar surface area (TPSA) is 91.8 Å². The third kappa shape index (κ3) is 5.76. The zero-order valence-corrected chi connectivity index (χ0v) is 25.8. The summed E-state index contributed by atoms with van der Waals surface area (Å²) in [5.74, 6) is -2.79. The highest BCUT2D eigenvalue weighted by Crippen LogP contribution is 2.54. The average Bonchev–Trinajstić information content (AvgIpc) is 3.44. The molecule has 15 heteroatoms. The molecule has 0 aromatic heterocycles. The van der Waals surface area contributed by atoms with Crippen molar-refractivity contribution in [3.63, 3.8) is 0 Å². The second-order valence-corrected chi connectivity index (χ2v) is 14.5. The van der Waals surface area contributed by atoms with Gasteiger partial charge < -0.3 is 10.0 Å². The predicted octanol–water partition coefficient (Wildman–Crippen LogP) is 7.39. The molecule has 1 heterocycles. The maximum atomic E-state index is 14.8. The molecule has 254 valence electrons. The first-order valence-electron chi connectivity index (χ1n) is 14.6. The van der Waals surface area contributed by atoms with Crippen LogP contribution in [0.5, 0.6) is 0 Å². The summed E-state index contributed by atoms with van der Waals surface area (Å²) in [6, 6.07) is 4.75. The van der Waals surface area contributed by atoms with Crippen LogP contribution in [-0.2, 0) is 29.8 Å². The van der Waals surface area contributed by atoms with Crippen molar-refractivity contribution in [3.05, 3.63) is 65.0 Å². The number of halogens is 8. The number of carboxylic acid groups (broad SMARTS) is 1. The normalized spacial score (nSPS) is 24.7. The van der Waals surface area contributed by atoms with E-state index in [-0.39, 0.29) is 66.8 Å². The smallest absolute Gasteiger partial charge is 0.435 e. The van der Waals surface area contributed by atoms with Crippen molar-refractivity contribution in [1.82, 2.24) is 4.90 Å². The minimum Gasteiger partial charge on any atom is -0.481 e. The molecule has 1 aliphatic carbocycles. The first-order chi connectivity index (χ1) is 21.2. The largest absolute Gasteiger partial charge is 0.481 e. The summed E-state index contributed by atoms with van der Waals surface area (Å²) in [6.07, 6.45) is -11.3. The standard InChI is InChI=1S/C31H33F8NO5S/c1-3-12-27(13-10-20(11-14-27)25(41)42)26(43)40-16-15-28(18-40,46(44,45)23-8-9-24(32)19(2)17-23)21-4-6-22(7-5-21)29(33,30(34,35)36)31(37,38)39/h4-9,17,20H,3,10-16,18H2,1-2H3,(H,41,42)/t20-,27-,28-/m0/s1. The van der Waals surface area contributed by atoms with Crippen molar-refractivity contribution in [2.75, 3.05) is 13.1 Å². The number of benzene rings is 2. The van der Waals surface area contributed by atoms with Crippen LogP contribution in [-0.4, -0.2) is 55.7 Å². The Kier molecular flexibility index (Phi) is 9.36. The lowest BCUT2D eigenvalue weighted by atomic mass is 9.67. The van der Waals surface area contributed by atoms with Gasteiger partial charge in [0.2, 0.25) is 5.91 Å². The Hall–Kier alpha value is -3.23. The highest BCUT2D eigenvalue weighted by Gasteiger charge is 2.73. The summed E-state index contributed by atoms with van der Waals surface area (Å²) in [5, 5.41) is 9.44. The number of nitrogens with zero attached hydrogens (tertiary/aromatic N) is 1. The molecule has 0 radical (unpaired) electrons. The van der Waals surface area contributed by atoms with Crippen molar-refractivity contribution < 1.29 is 58.2 Å². The summed E-state index contributed by atoms with van der Waals surface area (Å²) < 4.78 is 136. The van der Waals surface area contributed by atoms with Crippen LogP contribution in [0.15, 0.2) is 47.4 Å². The first-order valence-corrected chi connectivity index (χ1v) is 16.1. The number of carboxylic acids is 1. The van der Waals surface area contributed by atoms with E-state index in [0.717, 1.165) is 18.2 Å². The minimum atomic E-state index is -6.38. The number of rotatable bonds is 8. The highest BCUT2D eigenvalue weighted by atomic mass is 32.2. The fraction of sp³-hybridized carbons (Fsp3) is 0.548. The van der Waals surface area contributed by atoms with E-state index in [2.05, 4.69) is 0 Å². The Bertz CT molecular complexity index is 1570. The molecule has 1 aliphatic heterocycles. The van der Waals surface area contributed by atoms with E-state index >= 15 is 0 Å². The van der Waals surface area contributed by atoms with Gasteiger partial charge in [-0.1, -0.05) is 37.6 Å². The van der Waals surface area contributed by atoms with Gasteiger partial charge in [-0.3, -0.25) is 9.59 Å². The molecular weight excluding hydrogens is 650 g/mol. The first kappa shape index (κ1) is 35.6. The summed E-state index contributed by atoms with van der Waals surface area (Å²) in [7, 11) is -4.62. The number of hydrogen-bond donors (Lipinski definition) is 1. The number of carbonyl (C=O) groups is 2. The fourth-order valence-corrected chi connectivity index (χ4v) is 9.03. The summed E-state index contributed by atoms with van der Waals surface area (Å²) in [5.41, 5.74) is -8.86. The van der Waals surface area contributed by atoms with Crippen molar-refractivity contribution in [3.8, 4) is 0 Å². The van der Waals surface area contributed by atoms with E-state index in [9.17, 15) is 58.2 Å². The fourth-order valence-electron chi connectivity index (χ4n) is 6.87. The summed E-state index contributed by atoms with van der Waals surface area (Å²) in [4.78, 5) is 26.5. The van der Waals surface area contributed by atoms with Gasteiger partial charge in [0.15, 0.2) is 9.84 Å². The lowest BCUT2D eigenvalue weighted by molar-refractivity contribution is -0.348. The Morgan fingerprint density at radius 2 is 1.50 bits per heavy atom. The van der Waals surface area contributed by atoms with Crippen LogP contribution in [0.25, 0.3) is 0 Å². The van der Waals surface area contributed by atoms with E-state index in [4.69, 9.17) is 0 Å². The number of likely N-dealkylation sites (tertiary alicyclic amines) is 1. The minimum absolute atomic E-state index is 0.0489. The molecule has 46 heavy (non-hydrogen) atoms. The Balaban J connectivity index is 1.82. The molecule has 1 saturated carbocycles. The molecule has 1 saturated heterocycles. The molecule has 2 aliphatic rings. The van der Waals surface area contributed by atoms with Gasteiger partial charge in [-0.25, -0.2) is 17.2 Å². The lowest BCUT2D eigenvalue weighted by Gasteiger charge is -2.41. The molecule has 2 aromatic rings. The van der Waals surface area contributed by atoms with Gasteiger partial charge >= 0.3 is 24.0 Å². The Morgan fingerprint density at radius 1 is 0.935 bits per heavy atom. The van der Waals surface area contributed by atoms with Crippen molar-refractivity contribution in [2.45, 2.75) is 86.5 Å². The number of sulfone groups is 1. The Morgan fingerprint density at radius 3 is 1.98 bits per heavy atom. The predicted molar refractivity (Wildman–Crippen MR) is 149 cm³/mol. The van der Waals surface area contributed by atoms with E-state index in [1.807, 2.05) is 6.92 Å². The molecule has 1 amide bonds. The maximum absolute atomic E-state index is 14.8. The lowest BCUT2D eigenvalue weighted by Crippen LogP contribution is -2.50. The molecule has 0 unspecified atom stereocenters. The molecule has 1 N–H and O–H groups in total. The van der Waals surface area contributed by atoms with Crippen LogP contribution in [0.3, 0.4) is 0 Å². The summed E-state index contributed by atoms with van der Waals surface area (Å²) in [6.45, 7) is 2.43. The maximum Gasteiger partial charge on any atom is 0.435 e. The third-order valence-corrected chi connectivity index (χ3v) is 12.0. The zero-order chi connectivity index (χ0) is 34.5. The third-order valence-electron chi connectivity index (χ3n) is 9.54. The number of amides is 1. The zero-order valence-electron chi connectivity index (χ0n) is 24.9. The van der Waals surface area contributed by atoms with E-state index in [1.165, 1.54) is 11.8 Å². The quantitative estimate of drug-likeness (QED) is 0.232. The SMILES string of the molecule is CCC[C@]1(C(=O)N2CC[C@](c3ccc(C(F)(C(F)(F)F)C(F)(F)F)cc3)(S(=O)(=O)c3ccc(F)c(C)c3)C2)CC[C@H](C(=O)O)CC1. The molecule has 6 nitrogen and oxygen atoms in total. The van der Waals surface area contributed by atoms with Gasteiger partial charge in [0.05, 0.1) is 10.8 Å². The van der Waals surface area contributed by atoms with Crippen molar-refractivity contribution in [2.24, 2.45) is 11.3 Å². The Labute approximate surface area is 260 Å². The van der Waals surface area contributed by atoms with Gasteiger partial charge in [0.25, 0.3) is 0 Å². The van der Waals surface area contributed by atoms with E-state index < -0.39 is 73.7 Å². The monoisotopic (exact) mass is 683 g/mol. The van der Waals surface area contributed by atoms with E-state index in [0.29, 0.717) is 25.0 Å². The average molecular weight is 684 g/mol. The second kappa shape index (κ2) is 12.1. The van der Waals surface area contributed by atoms with Crippen molar-refractivity contribution >= 4 is 21.7 Å². The molecule has 1 atom stereocenters. The molecule has 0 bridgehead atoms. The van der Waals surface area contributed by atoms with Crippen molar-refractivity contribution in [1.29, 1.82) is 0 Å². The molecule has 4 rings (SSSR count). The van der Waals surface area contributed by atoms with Gasteiger partial charge in [-0.2, -0.15) is 26.3 Å². The molecule has 2 aromatic carbocycles. The summed E-state index contributed by atoms with van der Waals surface area (Å²) >= 11 is 0. The van der Waals surface area contributed by atoms with Gasteiger partial charge in [-0.05, 0) is 74.8 Å². The van der Waals surface area contributed by atoms with Crippen LogP contribution < -0.4 is 0 Å². The number of aliphatic carboxylic acids is 1. The van der Waals surface area contributed by atoms with Gasteiger partial charge in [0, 0.05) is 24.1 Å². The highest BCUT2D eigenvalue weighted by molar-refractivity contribution is 7.92.